The van der Waals surface area contributed by atoms with E-state index >= 15 is 0 Å². The Morgan fingerprint density at radius 3 is 2.59 bits per heavy atom. The summed E-state index contributed by atoms with van der Waals surface area (Å²) in [5.41, 5.74) is -0.0502. The van der Waals surface area contributed by atoms with E-state index in [9.17, 15) is 23.1 Å². The zero-order valence-corrected chi connectivity index (χ0v) is 16.7. The molecule has 158 valence electrons. The van der Waals surface area contributed by atoms with Crippen LogP contribution < -0.4 is 0 Å². The van der Waals surface area contributed by atoms with E-state index in [4.69, 9.17) is 4.74 Å². The third-order valence-corrected chi connectivity index (χ3v) is 6.42. The van der Waals surface area contributed by atoms with E-state index in [0.717, 1.165) is 37.1 Å². The van der Waals surface area contributed by atoms with Gasteiger partial charge in [0.25, 0.3) is 5.92 Å². The van der Waals surface area contributed by atoms with Crippen LogP contribution in [0.25, 0.3) is 0 Å². The Morgan fingerprint density at radius 2 is 1.93 bits per heavy atom. The van der Waals surface area contributed by atoms with Gasteiger partial charge < -0.3 is 14.7 Å². The van der Waals surface area contributed by atoms with E-state index < -0.39 is 29.5 Å². The van der Waals surface area contributed by atoms with Gasteiger partial charge in [0.05, 0.1) is 5.57 Å². The normalized spacial score (nSPS) is 20.6. The Morgan fingerprint density at radius 1 is 1.24 bits per heavy atom. The van der Waals surface area contributed by atoms with Gasteiger partial charge in [-0.05, 0) is 43.0 Å². The van der Waals surface area contributed by atoms with Crippen molar-refractivity contribution in [3.05, 3.63) is 59.6 Å². The van der Waals surface area contributed by atoms with Gasteiger partial charge in [0.15, 0.2) is 0 Å². The number of hydrogen-bond acceptors (Lipinski definition) is 4. The van der Waals surface area contributed by atoms with Crippen LogP contribution in [-0.2, 0) is 15.5 Å². The van der Waals surface area contributed by atoms with E-state index in [1.54, 1.807) is 6.08 Å². The van der Waals surface area contributed by atoms with Crippen LogP contribution in [0.4, 0.5) is 13.2 Å². The molecule has 29 heavy (non-hydrogen) atoms. The van der Waals surface area contributed by atoms with Gasteiger partial charge in [-0.3, -0.25) is 0 Å². The first-order valence-corrected chi connectivity index (χ1v) is 10.6. The Labute approximate surface area is 172 Å². The molecular formula is C21H24F3NO3S. The van der Waals surface area contributed by atoms with Crippen molar-refractivity contribution in [3.63, 3.8) is 0 Å². The number of ether oxygens (including phenoxy) is 1. The van der Waals surface area contributed by atoms with Crippen LogP contribution >= 0.6 is 11.8 Å². The minimum atomic E-state index is -3.11. The molecule has 1 fully saturated rings. The molecule has 1 aromatic carbocycles. The van der Waals surface area contributed by atoms with Crippen LogP contribution in [0.2, 0.25) is 0 Å². The minimum Gasteiger partial charge on any atom is -0.478 e. The molecule has 0 spiro atoms. The van der Waals surface area contributed by atoms with E-state index in [2.05, 4.69) is 0 Å². The molecule has 1 unspecified atom stereocenters. The summed E-state index contributed by atoms with van der Waals surface area (Å²) in [7, 11) is 0. The van der Waals surface area contributed by atoms with Crippen molar-refractivity contribution < 1.29 is 27.8 Å². The molecule has 1 atom stereocenters. The molecule has 0 aromatic heterocycles. The molecule has 0 radical (unpaired) electrons. The lowest BCUT2D eigenvalue weighted by molar-refractivity contribution is -0.133. The van der Waals surface area contributed by atoms with E-state index in [-0.39, 0.29) is 16.9 Å². The number of benzene rings is 1. The number of carboxylic acids is 1. The van der Waals surface area contributed by atoms with Crippen molar-refractivity contribution in [2.45, 2.75) is 30.6 Å². The highest BCUT2D eigenvalue weighted by Crippen LogP contribution is 2.36. The number of thioether (sulfide) groups is 1. The fourth-order valence-electron chi connectivity index (χ4n) is 3.48. The van der Waals surface area contributed by atoms with Gasteiger partial charge in [0, 0.05) is 43.7 Å². The van der Waals surface area contributed by atoms with Crippen LogP contribution in [-0.4, -0.2) is 46.9 Å². The molecule has 0 aliphatic carbocycles. The second-order valence-electron chi connectivity index (χ2n) is 7.21. The standard InChI is InChI=1S/C21H24F3NO3S/c22-17-5-3-16(4-6-17)21(23,24)9-13-29-19-18(20(26)27)2-1-10-25(19)14-15-7-11-28-12-8-15/h1-6,10,15,19H,7-9,11-14H2,(H,26,27). The summed E-state index contributed by atoms with van der Waals surface area (Å²) >= 11 is 1.20. The van der Waals surface area contributed by atoms with Gasteiger partial charge in [-0.2, -0.15) is 0 Å². The molecule has 8 heteroatoms. The van der Waals surface area contributed by atoms with Crippen molar-refractivity contribution in [3.8, 4) is 0 Å². The van der Waals surface area contributed by atoms with Gasteiger partial charge in [0.1, 0.15) is 11.2 Å². The Bertz CT molecular complexity index is 761. The smallest absolute Gasteiger partial charge is 0.334 e. The van der Waals surface area contributed by atoms with Crippen LogP contribution in [0.15, 0.2) is 48.2 Å². The predicted octanol–water partition coefficient (Wildman–Crippen LogP) is 4.63. The molecule has 0 saturated carbocycles. The van der Waals surface area contributed by atoms with Crippen molar-refractivity contribution in [1.82, 2.24) is 4.90 Å². The number of carbonyl (C=O) groups is 1. The average Bonchev–Trinajstić information content (AvgIpc) is 2.70. The lowest BCUT2D eigenvalue weighted by Gasteiger charge is -2.36. The maximum atomic E-state index is 14.5. The van der Waals surface area contributed by atoms with Gasteiger partial charge in [-0.1, -0.05) is 12.1 Å². The Balaban J connectivity index is 1.64. The van der Waals surface area contributed by atoms with Crippen LogP contribution in [0.5, 0.6) is 0 Å². The van der Waals surface area contributed by atoms with Crippen molar-refractivity contribution >= 4 is 17.7 Å². The molecule has 4 nitrogen and oxygen atoms in total. The number of halogens is 3. The van der Waals surface area contributed by atoms with E-state index in [1.165, 1.54) is 17.8 Å². The largest absolute Gasteiger partial charge is 0.478 e. The second-order valence-corrected chi connectivity index (χ2v) is 8.39. The lowest BCUT2D eigenvalue weighted by Crippen LogP contribution is -2.39. The first-order valence-electron chi connectivity index (χ1n) is 9.57. The number of nitrogens with zero attached hydrogens (tertiary/aromatic N) is 1. The first-order chi connectivity index (χ1) is 13.9. The second kappa shape index (κ2) is 9.71. The number of alkyl halides is 2. The molecule has 2 aliphatic rings. The quantitative estimate of drug-likeness (QED) is 0.655. The summed E-state index contributed by atoms with van der Waals surface area (Å²) in [5.74, 6) is -4.27. The molecule has 2 aliphatic heterocycles. The third kappa shape index (κ3) is 5.79. The number of aliphatic carboxylic acids is 1. The fraction of sp³-hybridized carbons (Fsp3) is 0.476. The summed E-state index contributed by atoms with van der Waals surface area (Å²) in [5, 5.41) is 9.03. The summed E-state index contributed by atoms with van der Waals surface area (Å²) < 4.78 is 47.3. The SMILES string of the molecule is O=C(O)C1=CC=CN(CC2CCOCC2)C1SCCC(F)(F)c1ccc(F)cc1. The number of carboxylic acid groups (broad SMARTS) is 1. The highest BCUT2D eigenvalue weighted by atomic mass is 32.2. The molecule has 2 heterocycles. The number of rotatable bonds is 8. The zero-order chi connectivity index (χ0) is 20.9. The number of allylic oxidation sites excluding steroid dienone is 2. The molecule has 0 bridgehead atoms. The Hall–Kier alpha value is -1.93. The van der Waals surface area contributed by atoms with E-state index in [1.807, 2.05) is 11.1 Å². The van der Waals surface area contributed by atoms with Gasteiger partial charge in [0.2, 0.25) is 0 Å². The first kappa shape index (κ1) is 21.8. The third-order valence-electron chi connectivity index (χ3n) is 5.14. The van der Waals surface area contributed by atoms with Crippen LogP contribution in [0.1, 0.15) is 24.8 Å². The van der Waals surface area contributed by atoms with Gasteiger partial charge >= 0.3 is 5.97 Å². The van der Waals surface area contributed by atoms with Crippen LogP contribution in [0.3, 0.4) is 0 Å². The minimum absolute atomic E-state index is 0.0672. The van der Waals surface area contributed by atoms with Crippen molar-refractivity contribution in [2.75, 3.05) is 25.5 Å². The summed E-state index contributed by atoms with van der Waals surface area (Å²) in [6.07, 6.45) is 6.39. The monoisotopic (exact) mass is 427 g/mol. The Kier molecular flexibility index (Phi) is 7.29. The predicted molar refractivity (Wildman–Crippen MR) is 106 cm³/mol. The summed E-state index contributed by atoms with van der Waals surface area (Å²) in [6.45, 7) is 2.04. The van der Waals surface area contributed by atoms with E-state index in [0.29, 0.717) is 25.7 Å². The van der Waals surface area contributed by atoms with Gasteiger partial charge in [-0.15, -0.1) is 11.8 Å². The highest BCUT2D eigenvalue weighted by molar-refractivity contribution is 8.00. The maximum absolute atomic E-state index is 14.5. The topological polar surface area (TPSA) is 49.8 Å². The maximum Gasteiger partial charge on any atom is 0.334 e. The molecular weight excluding hydrogens is 403 g/mol. The fourth-order valence-corrected chi connectivity index (χ4v) is 4.78. The highest BCUT2D eigenvalue weighted by Gasteiger charge is 2.34. The average molecular weight is 427 g/mol. The van der Waals surface area contributed by atoms with Gasteiger partial charge in [-0.25, -0.2) is 18.0 Å². The molecule has 0 amide bonds. The molecule has 3 rings (SSSR count). The molecule has 1 N–H and O–H groups in total. The zero-order valence-electron chi connectivity index (χ0n) is 15.9. The molecule has 1 aromatic rings. The molecule has 1 saturated heterocycles. The van der Waals surface area contributed by atoms with Crippen LogP contribution in [0, 0.1) is 11.7 Å². The summed E-state index contributed by atoms with van der Waals surface area (Å²) in [4.78, 5) is 13.6. The lowest BCUT2D eigenvalue weighted by atomic mass is 9.99. The summed E-state index contributed by atoms with van der Waals surface area (Å²) in [6, 6.07) is 4.21. The van der Waals surface area contributed by atoms with Crippen molar-refractivity contribution in [2.24, 2.45) is 5.92 Å². The van der Waals surface area contributed by atoms with Crippen molar-refractivity contribution in [1.29, 1.82) is 0 Å². The number of hydrogen-bond donors (Lipinski definition) is 1.